The van der Waals surface area contributed by atoms with Gasteiger partial charge in [0, 0.05) is 12.8 Å². The van der Waals surface area contributed by atoms with Crippen LogP contribution in [0, 0.1) is 0 Å². The van der Waals surface area contributed by atoms with Crippen molar-refractivity contribution in [3.63, 3.8) is 0 Å². The Hall–Kier alpha value is -3.12. The first-order valence-corrected chi connectivity index (χ1v) is 11.6. The number of nitrogens with zero attached hydrogens (tertiary/aromatic N) is 2. The van der Waals surface area contributed by atoms with Crippen LogP contribution < -0.4 is 20.3 Å². The Labute approximate surface area is 213 Å². The maximum Gasteiger partial charge on any atom is 0.240 e. The molecule has 0 aromatic heterocycles. The van der Waals surface area contributed by atoms with Gasteiger partial charge < -0.3 is 19.7 Å². The third kappa shape index (κ3) is 8.34. The maximum atomic E-state index is 11.9. The summed E-state index contributed by atoms with van der Waals surface area (Å²) in [6.07, 6.45) is 4.27. The molecule has 0 saturated carbocycles. The van der Waals surface area contributed by atoms with E-state index in [2.05, 4.69) is 52.9 Å². The number of hydrogen-bond acceptors (Lipinski definition) is 8. The van der Waals surface area contributed by atoms with Gasteiger partial charge in [0.15, 0.2) is 23.0 Å². The molecule has 0 spiro atoms. The quantitative estimate of drug-likeness (QED) is 0.176. The SMILES string of the molecule is COc1cc(C=NNC(=O)CCCCC(=O)NN=Cc2cc(Br)c(O)c(OC)c2)cc(Br)c1O. The molecule has 0 saturated heterocycles. The lowest BCUT2D eigenvalue weighted by Gasteiger charge is -2.06. The Morgan fingerprint density at radius 2 is 1.21 bits per heavy atom. The molecule has 10 nitrogen and oxygen atoms in total. The molecule has 2 aromatic carbocycles. The van der Waals surface area contributed by atoms with Gasteiger partial charge in [-0.3, -0.25) is 9.59 Å². The molecule has 2 amide bonds. The molecule has 0 aliphatic heterocycles. The Kier molecular flexibility index (Phi) is 10.8. The molecule has 34 heavy (non-hydrogen) atoms. The summed E-state index contributed by atoms with van der Waals surface area (Å²) in [6, 6.07) is 6.42. The number of nitrogens with one attached hydrogen (secondary N) is 2. The van der Waals surface area contributed by atoms with Gasteiger partial charge in [0.25, 0.3) is 0 Å². The third-order valence-electron chi connectivity index (χ3n) is 4.40. The molecular weight excluding hydrogens is 576 g/mol. The van der Waals surface area contributed by atoms with E-state index in [0.29, 0.717) is 32.9 Å². The molecule has 0 heterocycles. The maximum absolute atomic E-state index is 11.9. The predicted octanol–water partition coefficient (Wildman–Crippen LogP) is 3.80. The minimum Gasteiger partial charge on any atom is -0.503 e. The van der Waals surface area contributed by atoms with E-state index in [4.69, 9.17) is 9.47 Å². The van der Waals surface area contributed by atoms with Gasteiger partial charge in [0.2, 0.25) is 11.8 Å². The molecule has 2 aromatic rings. The molecule has 2 rings (SSSR count). The lowest BCUT2D eigenvalue weighted by atomic mass is 10.2. The van der Waals surface area contributed by atoms with Crippen molar-refractivity contribution < 1.29 is 29.3 Å². The van der Waals surface area contributed by atoms with Gasteiger partial charge in [-0.15, -0.1) is 0 Å². The summed E-state index contributed by atoms with van der Waals surface area (Å²) in [5, 5.41) is 27.4. The van der Waals surface area contributed by atoms with E-state index in [1.165, 1.54) is 26.6 Å². The number of ether oxygens (including phenoxy) is 2. The van der Waals surface area contributed by atoms with Crippen molar-refractivity contribution in [2.45, 2.75) is 25.7 Å². The number of phenols is 2. The molecule has 12 heteroatoms. The van der Waals surface area contributed by atoms with Crippen LogP contribution in [0.2, 0.25) is 0 Å². The molecule has 0 radical (unpaired) electrons. The standard InChI is InChI=1S/C22H24Br2N4O6/c1-33-17-9-13(7-15(23)21(17)31)11-25-27-19(29)5-3-4-6-20(30)28-26-12-14-8-16(24)22(32)18(10-14)34-2/h7-12,31-32H,3-6H2,1-2H3,(H,27,29)(H,28,30). The zero-order valence-corrected chi connectivity index (χ0v) is 21.6. The van der Waals surface area contributed by atoms with E-state index < -0.39 is 0 Å². The highest BCUT2D eigenvalue weighted by Gasteiger charge is 2.09. The van der Waals surface area contributed by atoms with Crippen LogP contribution in [-0.4, -0.2) is 48.7 Å². The molecular formula is C22H24Br2N4O6. The van der Waals surface area contributed by atoms with Crippen LogP contribution in [0.4, 0.5) is 0 Å². The van der Waals surface area contributed by atoms with Crippen LogP contribution in [0.3, 0.4) is 0 Å². The van der Waals surface area contributed by atoms with Crippen LogP contribution in [0.15, 0.2) is 43.4 Å². The average molecular weight is 600 g/mol. The van der Waals surface area contributed by atoms with Crippen LogP contribution in [-0.2, 0) is 9.59 Å². The topological polar surface area (TPSA) is 142 Å². The van der Waals surface area contributed by atoms with Crippen molar-refractivity contribution in [1.29, 1.82) is 0 Å². The number of amides is 2. The number of halogens is 2. The average Bonchev–Trinajstić information content (AvgIpc) is 2.81. The van der Waals surface area contributed by atoms with Gasteiger partial charge in [0.1, 0.15) is 0 Å². The lowest BCUT2D eigenvalue weighted by molar-refractivity contribution is -0.123. The minimum atomic E-state index is -0.286. The van der Waals surface area contributed by atoms with Crippen LogP contribution in [0.25, 0.3) is 0 Å². The molecule has 0 unspecified atom stereocenters. The Morgan fingerprint density at radius 3 is 1.56 bits per heavy atom. The van der Waals surface area contributed by atoms with Crippen molar-refractivity contribution in [3.05, 3.63) is 44.3 Å². The molecule has 0 aliphatic carbocycles. The Bertz CT molecular complexity index is 1010. The summed E-state index contributed by atoms with van der Waals surface area (Å²) in [4.78, 5) is 23.8. The van der Waals surface area contributed by atoms with Crippen LogP contribution in [0.1, 0.15) is 36.8 Å². The second-order valence-electron chi connectivity index (χ2n) is 6.90. The fraction of sp³-hybridized carbons (Fsp3) is 0.273. The first kappa shape index (κ1) is 27.1. The molecule has 0 atom stereocenters. The monoisotopic (exact) mass is 598 g/mol. The Balaban J connectivity index is 1.69. The third-order valence-corrected chi connectivity index (χ3v) is 5.61. The second kappa shape index (κ2) is 13.6. The van der Waals surface area contributed by atoms with E-state index in [1.54, 1.807) is 24.3 Å². The van der Waals surface area contributed by atoms with Gasteiger partial charge >= 0.3 is 0 Å². The van der Waals surface area contributed by atoms with E-state index in [1.807, 2.05) is 0 Å². The molecule has 182 valence electrons. The summed E-state index contributed by atoms with van der Waals surface area (Å²) < 4.78 is 11.0. The number of methoxy groups -OCH3 is 2. The number of hydrazone groups is 2. The smallest absolute Gasteiger partial charge is 0.240 e. The number of benzene rings is 2. The van der Waals surface area contributed by atoms with Crippen LogP contribution in [0.5, 0.6) is 23.0 Å². The number of carbonyl (C=O) groups excluding carboxylic acids is 2. The van der Waals surface area contributed by atoms with Crippen molar-refractivity contribution in [2.75, 3.05) is 14.2 Å². The van der Waals surface area contributed by atoms with Gasteiger partial charge in [-0.25, -0.2) is 10.9 Å². The zero-order valence-electron chi connectivity index (χ0n) is 18.5. The van der Waals surface area contributed by atoms with Gasteiger partial charge in [0.05, 0.1) is 35.6 Å². The van der Waals surface area contributed by atoms with E-state index in [0.717, 1.165) is 0 Å². The number of unbranched alkanes of at least 4 members (excludes halogenated alkanes) is 1. The summed E-state index contributed by atoms with van der Waals surface area (Å²) >= 11 is 6.43. The first-order valence-electron chi connectivity index (χ1n) is 10.0. The van der Waals surface area contributed by atoms with Gasteiger partial charge in [-0.2, -0.15) is 10.2 Å². The highest BCUT2D eigenvalue weighted by Crippen LogP contribution is 2.35. The zero-order chi connectivity index (χ0) is 25.1. The fourth-order valence-corrected chi connectivity index (χ4v) is 3.61. The Morgan fingerprint density at radius 1 is 0.824 bits per heavy atom. The second-order valence-corrected chi connectivity index (χ2v) is 8.61. The number of aromatic hydroxyl groups is 2. The van der Waals surface area contributed by atoms with Gasteiger partial charge in [-0.05, 0) is 80.1 Å². The highest BCUT2D eigenvalue weighted by molar-refractivity contribution is 9.10. The van der Waals surface area contributed by atoms with E-state index in [9.17, 15) is 19.8 Å². The van der Waals surface area contributed by atoms with Gasteiger partial charge in [-0.1, -0.05) is 0 Å². The summed E-state index contributed by atoms with van der Waals surface area (Å²) in [6.45, 7) is 0. The predicted molar refractivity (Wildman–Crippen MR) is 135 cm³/mol. The van der Waals surface area contributed by atoms with Crippen molar-refractivity contribution in [1.82, 2.24) is 10.9 Å². The van der Waals surface area contributed by atoms with Crippen LogP contribution >= 0.6 is 31.9 Å². The number of rotatable bonds is 11. The summed E-state index contributed by atoms with van der Waals surface area (Å²) in [5.74, 6) is -0.0577. The molecule has 4 N–H and O–H groups in total. The minimum absolute atomic E-state index is 0.0212. The number of phenolic OH excluding ortho intramolecular Hbond substituents is 2. The number of hydrogen-bond donors (Lipinski definition) is 4. The fourth-order valence-electron chi connectivity index (χ4n) is 2.69. The summed E-state index contributed by atoms with van der Waals surface area (Å²) in [5.41, 5.74) is 6.08. The molecule has 0 aliphatic rings. The molecule has 0 bridgehead atoms. The van der Waals surface area contributed by atoms with Crippen molar-refractivity contribution >= 4 is 56.1 Å². The molecule has 0 fully saturated rings. The first-order chi connectivity index (χ1) is 16.2. The summed E-state index contributed by atoms with van der Waals surface area (Å²) in [7, 11) is 2.87. The highest BCUT2D eigenvalue weighted by atomic mass is 79.9. The van der Waals surface area contributed by atoms with Crippen molar-refractivity contribution in [2.24, 2.45) is 10.2 Å². The van der Waals surface area contributed by atoms with E-state index >= 15 is 0 Å². The van der Waals surface area contributed by atoms with E-state index in [-0.39, 0.29) is 47.7 Å². The normalized spacial score (nSPS) is 11.1. The van der Waals surface area contributed by atoms with Crippen molar-refractivity contribution in [3.8, 4) is 23.0 Å². The largest absolute Gasteiger partial charge is 0.503 e. The lowest BCUT2D eigenvalue weighted by Crippen LogP contribution is -2.19. The number of carbonyl (C=O) groups is 2.